The van der Waals surface area contributed by atoms with Crippen molar-refractivity contribution in [3.8, 4) is 34.5 Å². The molecule has 538 valence electrons. The zero-order valence-corrected chi connectivity index (χ0v) is 74.6. The Morgan fingerprint density at radius 3 is 1.34 bits per heavy atom. The first-order valence-corrected chi connectivity index (χ1v) is 61.6. The van der Waals surface area contributed by atoms with Crippen LogP contribution in [0.5, 0.6) is 34.5 Å². The lowest BCUT2D eigenvalue weighted by molar-refractivity contribution is 0.00748. The van der Waals surface area contributed by atoms with Gasteiger partial charge in [-0.15, -0.1) is 0 Å². The third kappa shape index (κ3) is 34.9. The van der Waals surface area contributed by atoms with Crippen LogP contribution in [0.4, 0.5) is 0 Å². The van der Waals surface area contributed by atoms with Crippen LogP contribution >= 0.6 is 0 Å². The number of fused-ring (bicyclic) bond motifs is 6. The number of benzene rings is 3. The first-order chi connectivity index (χ1) is 45.0. The number of aliphatic hydroxyl groups is 1. The molecule has 3 aromatic rings. The maximum absolute atomic E-state index is 10.7. The smallest absolute Gasteiger partial charge is 0.127 e. The molecule has 0 radical (unpaired) electrons. The summed E-state index contributed by atoms with van der Waals surface area (Å²) in [7, 11) is 38.1. The molecule has 6 atom stereocenters. The maximum atomic E-state index is 10.7. The molecule has 7 nitrogen and oxygen atoms in total. The fourth-order valence-corrected chi connectivity index (χ4v) is 66.5. The largest absolute Gasteiger partial charge is 0.508 e. The first kappa shape index (κ1) is 89.9. The second kappa shape index (κ2) is 50.2. The van der Waals surface area contributed by atoms with Crippen molar-refractivity contribution in [3.05, 3.63) is 118 Å². The van der Waals surface area contributed by atoms with Gasteiger partial charge in [0.15, 0.2) is 0 Å². The van der Waals surface area contributed by atoms with Crippen molar-refractivity contribution >= 4 is 218 Å². The topological polar surface area (TPSA) is 120 Å². The van der Waals surface area contributed by atoms with E-state index in [0.29, 0.717) is 35.2 Å². The van der Waals surface area contributed by atoms with E-state index in [-0.39, 0.29) is 36.0 Å². The number of phenolic OH excluding ortho intramolecular Hbond substituents is 4. The van der Waals surface area contributed by atoms with Gasteiger partial charge in [-0.25, -0.2) is 0 Å². The molecule has 0 amide bonds. The number of rotatable bonds is 13. The van der Waals surface area contributed by atoms with Crippen LogP contribution in [0.15, 0.2) is 90.1 Å². The van der Waals surface area contributed by atoms with E-state index >= 15 is 0 Å². The molecule has 2 aliphatic heterocycles. The van der Waals surface area contributed by atoms with E-state index in [1.807, 2.05) is 67.6 Å². The molecule has 8 rings (SSSR count). The quantitative estimate of drug-likeness (QED) is 0.0842. The number of hydrogen-bond acceptors (Lipinski definition) is 9. The van der Waals surface area contributed by atoms with Crippen molar-refractivity contribution < 1.29 is 35.0 Å². The molecule has 0 aromatic heterocycles. The molecule has 1 unspecified atom stereocenters. The number of phenols is 4. The van der Waals surface area contributed by atoms with Crippen LogP contribution in [0.25, 0.3) is 0 Å². The Bertz CT molecular complexity index is 4090. The Balaban J connectivity index is 0.000000317. The first-order valence-electron chi connectivity index (χ1n) is 30.9. The molecule has 0 saturated heterocycles. The summed E-state index contributed by atoms with van der Waals surface area (Å²) in [6.45, 7) is 27.6. The number of ether oxygens (including phenoxy) is 2. The average Bonchev–Trinajstić information content (AvgIpc) is 0.753. The van der Waals surface area contributed by atoms with Crippen LogP contribution in [0.3, 0.4) is 0 Å². The van der Waals surface area contributed by atoms with Gasteiger partial charge in [0.25, 0.3) is 0 Å². The number of aryl methyl sites for hydroxylation is 3. The molecule has 2 heterocycles. The van der Waals surface area contributed by atoms with Gasteiger partial charge in [0.1, 0.15) is 45.7 Å². The number of hydrogen-bond donors (Lipinski definition) is 5. The lowest BCUT2D eigenvalue weighted by Gasteiger charge is -2.47. The molecular weight excluding hydrogens is 1650 g/mol. The predicted molar refractivity (Wildman–Crippen MR) is 474 cm³/mol. The zero-order chi connectivity index (χ0) is 68.9. The van der Waals surface area contributed by atoms with E-state index < -0.39 is 5.60 Å². The van der Waals surface area contributed by atoms with E-state index in [9.17, 15) is 25.5 Å². The second-order valence-corrected chi connectivity index (χ2v) is 63.2. The molecule has 0 fully saturated rings. The van der Waals surface area contributed by atoms with Gasteiger partial charge in [-0.05, 0) is 191 Å². The third-order valence-electron chi connectivity index (χ3n) is 16.1. The molecule has 3 aromatic carbocycles. The van der Waals surface area contributed by atoms with Crippen molar-refractivity contribution in [2.45, 2.75) is 228 Å². The molecule has 0 bridgehead atoms. The normalized spacial score (nSPS) is 19.8. The van der Waals surface area contributed by atoms with Crippen molar-refractivity contribution in [1.29, 1.82) is 0 Å². The summed E-state index contributed by atoms with van der Waals surface area (Å²) >= 11 is 9.54. The molecular formula is C64H96O7S24. The monoisotopic (exact) mass is 1740 g/mol. The highest BCUT2D eigenvalue weighted by Crippen LogP contribution is 2.55. The van der Waals surface area contributed by atoms with Gasteiger partial charge >= 0.3 is 0 Å². The molecule has 0 saturated carbocycles. The van der Waals surface area contributed by atoms with Crippen molar-refractivity contribution in [2.24, 2.45) is 17.8 Å². The van der Waals surface area contributed by atoms with Crippen LogP contribution in [-0.4, -0.2) is 42.3 Å². The van der Waals surface area contributed by atoms with Crippen molar-refractivity contribution in [3.63, 3.8) is 0 Å². The van der Waals surface area contributed by atoms with Crippen LogP contribution in [-0.2, 0) is 237 Å². The number of unbranched alkanes of at least 4 members (excludes halogenated alkanes) is 6. The van der Waals surface area contributed by atoms with Gasteiger partial charge in [0, 0.05) is 259 Å². The van der Waals surface area contributed by atoms with Crippen LogP contribution in [0.1, 0.15) is 220 Å². The minimum absolute atomic E-state index is 0. The van der Waals surface area contributed by atoms with Crippen LogP contribution < -0.4 is 9.47 Å². The fraction of sp³-hybridized carbons (Fsp3) is 0.594. The molecule has 95 heavy (non-hydrogen) atoms. The highest BCUT2D eigenvalue weighted by Gasteiger charge is 2.47. The number of aromatic hydroxyl groups is 4. The minimum Gasteiger partial charge on any atom is -0.508 e. The van der Waals surface area contributed by atoms with Gasteiger partial charge in [-0.2, -0.15) is 0 Å². The van der Waals surface area contributed by atoms with Crippen LogP contribution in [0.2, 0.25) is 0 Å². The molecule has 3 aliphatic carbocycles. The Labute approximate surface area is 641 Å². The lowest BCUT2D eigenvalue weighted by Crippen LogP contribution is -2.45. The Morgan fingerprint density at radius 1 is 0.537 bits per heavy atom. The standard InChI is InChI=1S/2C21H30O2.C11H16O2.C10H16O.CH4.S24/c2*1-5-6-7-8-15-12-18(22)20-16-11-14(2)9-10-17(16)21(3,4)23-19(20)13-15;1-2-3-4-5-9-6-10(12)8-11(13)7-9;1-8(2)9-4-6-10(3,11)7-5-9;;1-3-5-7-9-11-13-15-17-19-21-23-24-22-20-18-16-14-12-10-8-6-4-2/h11-13,16-17,22H,5-10H2,1-4H3;9,12-13,16-17,22H,5-8,10-11H2,1-4H3;6-8,12-13H,2-5H2,1H3;4,6,9,11H,1,5,7H2,2-3H3;1H4;/t2*16-,17-;;9-,10?;;/m11.0../s1. The molecule has 31 heteroatoms. The summed E-state index contributed by atoms with van der Waals surface area (Å²) in [4.78, 5) is 0. The SMILES string of the molecule is C.C=C(C)[C@H]1C=CC(C)(O)CC1.CCCCCc1cc(O)c2c(c1)OC(C)(C)[C@@H]1CC=C(C)C[C@@H]21.CCCCCc1cc(O)c2c(c1)OC(C)(C)[C@@H]1CCC(C)=C[C@@H]21.CCCCCc1cc(O)cc(O)c1.S=S=S=S=S=S=S=S=S=S=S=S=S=S=S=S=S=S=S=S=S=S=S=S. The molecule has 0 spiro atoms. The Morgan fingerprint density at radius 2 is 0.937 bits per heavy atom. The van der Waals surface area contributed by atoms with E-state index in [1.54, 1.807) is 154 Å². The Kier molecular flexibility index (Phi) is 47.5. The summed E-state index contributed by atoms with van der Waals surface area (Å²) < 4.78 is 12.7. The number of allylic oxidation sites excluding steroid dienone is 6. The third-order valence-corrected chi connectivity index (χ3v) is 62.8. The minimum atomic E-state index is -0.577. The maximum Gasteiger partial charge on any atom is 0.127 e. The lowest BCUT2D eigenvalue weighted by atomic mass is 9.67. The summed E-state index contributed by atoms with van der Waals surface area (Å²) in [6.07, 6.45) is 28.6. The van der Waals surface area contributed by atoms with Crippen LogP contribution in [0, 0.1) is 17.8 Å². The summed E-state index contributed by atoms with van der Waals surface area (Å²) in [5.74, 6) is 4.99. The predicted octanol–water partition coefficient (Wildman–Crippen LogP) is 17.2. The highest BCUT2D eigenvalue weighted by molar-refractivity contribution is 8.79. The van der Waals surface area contributed by atoms with Gasteiger partial charge in [-0.3, -0.25) is 0 Å². The Hall–Kier alpha value is 0.660. The van der Waals surface area contributed by atoms with Crippen molar-refractivity contribution in [1.82, 2.24) is 0 Å². The average molecular weight is 1750 g/mol. The fourth-order valence-electron chi connectivity index (χ4n) is 11.6. The van der Waals surface area contributed by atoms with Gasteiger partial charge in [0.05, 0.1) is 5.60 Å². The van der Waals surface area contributed by atoms with E-state index in [1.165, 1.54) is 103 Å². The van der Waals surface area contributed by atoms with Gasteiger partial charge in [-0.1, -0.05) is 114 Å². The molecule has 5 N–H and O–H groups in total. The van der Waals surface area contributed by atoms with Gasteiger partial charge < -0.3 is 35.0 Å². The zero-order valence-electron chi connectivity index (χ0n) is 55.0. The highest BCUT2D eigenvalue weighted by atomic mass is 33.5. The summed E-state index contributed by atoms with van der Waals surface area (Å²) in [5.41, 5.74) is 8.57. The summed E-state index contributed by atoms with van der Waals surface area (Å²) in [6, 6.07) is 13.0. The second-order valence-electron chi connectivity index (χ2n) is 24.3. The van der Waals surface area contributed by atoms with E-state index in [2.05, 4.69) is 99.3 Å². The van der Waals surface area contributed by atoms with E-state index in [4.69, 9.17) is 31.8 Å². The van der Waals surface area contributed by atoms with Crippen molar-refractivity contribution in [2.75, 3.05) is 0 Å². The van der Waals surface area contributed by atoms with E-state index in [0.717, 1.165) is 92.4 Å². The van der Waals surface area contributed by atoms with Gasteiger partial charge in [0.2, 0.25) is 0 Å². The summed E-state index contributed by atoms with van der Waals surface area (Å²) in [5, 5.41) is 49.3. The molecule has 5 aliphatic rings.